The molecule has 0 atom stereocenters. The van der Waals surface area contributed by atoms with Gasteiger partial charge in [0.15, 0.2) is 22.2 Å². The summed E-state index contributed by atoms with van der Waals surface area (Å²) in [6.07, 6.45) is 0. The normalized spacial score (nSPS) is 11.4. The number of likely N-dealkylation sites (N-methyl/N-ethyl adjacent to an activating group) is 1. The fourth-order valence-electron chi connectivity index (χ4n) is 3.15. The van der Waals surface area contributed by atoms with Crippen LogP contribution in [-0.2, 0) is 0 Å². The van der Waals surface area contributed by atoms with Crippen molar-refractivity contribution < 1.29 is 18.7 Å². The maximum atomic E-state index is 13.4. The highest BCUT2D eigenvalue weighted by Gasteiger charge is 2.25. The Labute approximate surface area is 178 Å². The molecule has 0 N–H and O–H groups in total. The van der Waals surface area contributed by atoms with Crippen LogP contribution in [-0.4, -0.2) is 57.2 Å². The number of benzene rings is 2. The molecule has 2 aromatic heterocycles. The first-order chi connectivity index (χ1) is 14.5. The number of nitrogens with zero attached hydrogens (tertiary/aromatic N) is 3. The number of ether oxygens (including phenoxy) is 2. The van der Waals surface area contributed by atoms with Gasteiger partial charge in [-0.25, -0.2) is 4.98 Å². The van der Waals surface area contributed by atoms with Crippen molar-refractivity contribution in [1.82, 2.24) is 9.88 Å². The summed E-state index contributed by atoms with van der Waals surface area (Å²) in [4.78, 5) is 21.8. The topological polar surface area (TPSA) is 68.0 Å². The largest absolute Gasteiger partial charge is 0.497 e. The van der Waals surface area contributed by atoms with E-state index in [1.165, 1.54) is 11.3 Å². The molecule has 4 rings (SSSR count). The molecule has 0 saturated carbocycles. The quantitative estimate of drug-likeness (QED) is 0.441. The maximum Gasteiger partial charge on any atom is 0.295 e. The minimum atomic E-state index is -0.235. The Morgan fingerprint density at radius 3 is 2.67 bits per heavy atom. The lowest BCUT2D eigenvalue weighted by molar-refractivity contribution is 0.0960. The first-order valence-corrected chi connectivity index (χ1v) is 10.3. The van der Waals surface area contributed by atoms with E-state index < -0.39 is 0 Å². The average Bonchev–Trinajstić information content (AvgIpc) is 3.36. The van der Waals surface area contributed by atoms with Crippen LogP contribution in [0.3, 0.4) is 0 Å². The third kappa shape index (κ3) is 3.83. The highest BCUT2D eigenvalue weighted by molar-refractivity contribution is 7.22. The van der Waals surface area contributed by atoms with Crippen molar-refractivity contribution in [3.05, 3.63) is 48.2 Å². The Kier molecular flexibility index (Phi) is 5.61. The van der Waals surface area contributed by atoms with E-state index in [0.717, 1.165) is 21.4 Å². The predicted molar refractivity (Wildman–Crippen MR) is 119 cm³/mol. The van der Waals surface area contributed by atoms with Gasteiger partial charge in [0.05, 0.1) is 24.4 Å². The van der Waals surface area contributed by atoms with Crippen LogP contribution >= 0.6 is 11.3 Å². The van der Waals surface area contributed by atoms with Crippen molar-refractivity contribution in [2.75, 3.05) is 46.3 Å². The van der Waals surface area contributed by atoms with E-state index in [1.54, 1.807) is 25.2 Å². The number of para-hydroxylation sites is 1. The first-order valence-electron chi connectivity index (χ1n) is 9.48. The molecule has 0 unspecified atom stereocenters. The molecule has 0 radical (unpaired) electrons. The molecule has 8 heteroatoms. The number of hydrogen-bond donors (Lipinski definition) is 0. The number of thiazole rings is 1. The van der Waals surface area contributed by atoms with Gasteiger partial charge in [-0.15, -0.1) is 0 Å². The van der Waals surface area contributed by atoms with Gasteiger partial charge in [-0.1, -0.05) is 23.5 Å². The maximum absolute atomic E-state index is 13.4. The zero-order chi connectivity index (χ0) is 21.3. The summed E-state index contributed by atoms with van der Waals surface area (Å²) in [6, 6.07) is 13.0. The number of carbonyl (C=O) groups is 1. The van der Waals surface area contributed by atoms with Crippen LogP contribution in [0.25, 0.3) is 21.2 Å². The number of fused-ring (bicyclic) bond motifs is 2. The monoisotopic (exact) mass is 425 g/mol. The first kappa shape index (κ1) is 20.2. The second-order valence-electron chi connectivity index (χ2n) is 7.08. The van der Waals surface area contributed by atoms with E-state index in [9.17, 15) is 4.79 Å². The minimum absolute atomic E-state index is 0.235. The Bertz CT molecular complexity index is 1200. The van der Waals surface area contributed by atoms with Gasteiger partial charge in [0.1, 0.15) is 5.75 Å². The molecule has 1 amide bonds. The summed E-state index contributed by atoms with van der Waals surface area (Å²) >= 11 is 1.45. The number of furan rings is 1. The fourth-order valence-corrected chi connectivity index (χ4v) is 4.17. The molecular weight excluding hydrogens is 402 g/mol. The number of hydrogen-bond acceptors (Lipinski definition) is 7. The predicted octanol–water partition coefficient (Wildman–Crippen LogP) is 4.27. The SMILES string of the molecule is COc1ccc2nc(N(CCN(C)C)C(=O)c3cc4cccc(OC)c4o3)sc2c1. The average molecular weight is 426 g/mol. The lowest BCUT2D eigenvalue weighted by Crippen LogP contribution is -2.36. The van der Waals surface area contributed by atoms with Crippen molar-refractivity contribution in [3.63, 3.8) is 0 Å². The molecule has 0 spiro atoms. The van der Waals surface area contributed by atoms with Gasteiger partial charge in [-0.05, 0) is 44.4 Å². The Morgan fingerprint density at radius 1 is 1.10 bits per heavy atom. The van der Waals surface area contributed by atoms with Crippen molar-refractivity contribution in [3.8, 4) is 11.5 Å². The number of aromatic nitrogens is 1. The lowest BCUT2D eigenvalue weighted by Gasteiger charge is -2.20. The van der Waals surface area contributed by atoms with Crippen LogP contribution in [0.4, 0.5) is 5.13 Å². The zero-order valence-corrected chi connectivity index (χ0v) is 18.2. The lowest BCUT2D eigenvalue weighted by atomic mass is 10.2. The second kappa shape index (κ2) is 8.33. The number of methoxy groups -OCH3 is 2. The van der Waals surface area contributed by atoms with Gasteiger partial charge in [-0.3, -0.25) is 9.69 Å². The van der Waals surface area contributed by atoms with E-state index in [1.807, 2.05) is 55.4 Å². The van der Waals surface area contributed by atoms with Gasteiger partial charge in [-0.2, -0.15) is 0 Å². The number of amides is 1. The van der Waals surface area contributed by atoms with Crippen molar-refractivity contribution in [2.45, 2.75) is 0 Å². The fraction of sp³-hybridized carbons (Fsp3) is 0.273. The van der Waals surface area contributed by atoms with Crippen LogP contribution in [0, 0.1) is 0 Å². The van der Waals surface area contributed by atoms with Crippen molar-refractivity contribution >= 4 is 43.6 Å². The van der Waals surface area contributed by atoms with E-state index in [0.29, 0.717) is 29.6 Å². The summed E-state index contributed by atoms with van der Waals surface area (Å²) in [6.45, 7) is 1.17. The van der Waals surface area contributed by atoms with Crippen molar-refractivity contribution in [2.24, 2.45) is 0 Å². The second-order valence-corrected chi connectivity index (χ2v) is 8.09. The standard InChI is InChI=1S/C22H23N3O4S/c1-24(2)10-11-25(22-23-16-9-8-15(27-3)13-19(16)30-22)21(26)18-12-14-6-5-7-17(28-4)20(14)29-18/h5-9,12-13H,10-11H2,1-4H3. The van der Waals surface area contributed by atoms with Gasteiger partial charge in [0.25, 0.3) is 5.91 Å². The van der Waals surface area contributed by atoms with Gasteiger partial charge < -0.3 is 18.8 Å². The van der Waals surface area contributed by atoms with Gasteiger partial charge in [0.2, 0.25) is 0 Å². The third-order valence-corrected chi connectivity index (χ3v) is 5.81. The van der Waals surface area contributed by atoms with E-state index in [4.69, 9.17) is 13.9 Å². The third-order valence-electron chi connectivity index (χ3n) is 4.77. The van der Waals surface area contributed by atoms with Crippen LogP contribution in [0.2, 0.25) is 0 Å². The van der Waals surface area contributed by atoms with E-state index >= 15 is 0 Å². The highest BCUT2D eigenvalue weighted by Crippen LogP contribution is 2.34. The number of anilines is 1. The molecule has 30 heavy (non-hydrogen) atoms. The summed E-state index contributed by atoms with van der Waals surface area (Å²) in [5.74, 6) is 1.37. The Morgan fingerprint density at radius 2 is 1.93 bits per heavy atom. The molecule has 0 saturated heterocycles. The smallest absolute Gasteiger partial charge is 0.295 e. The molecule has 0 aliphatic rings. The van der Waals surface area contributed by atoms with Crippen LogP contribution in [0.15, 0.2) is 46.9 Å². The molecule has 0 bridgehead atoms. The summed E-state index contributed by atoms with van der Waals surface area (Å²) in [5.41, 5.74) is 1.38. The molecule has 2 heterocycles. The Hall–Kier alpha value is -3.10. The van der Waals surface area contributed by atoms with Gasteiger partial charge in [0, 0.05) is 18.5 Å². The van der Waals surface area contributed by atoms with Crippen LogP contribution in [0.5, 0.6) is 11.5 Å². The molecule has 0 fully saturated rings. The van der Waals surface area contributed by atoms with Gasteiger partial charge >= 0.3 is 0 Å². The molecule has 2 aromatic carbocycles. The summed E-state index contributed by atoms with van der Waals surface area (Å²) in [7, 11) is 7.15. The molecule has 4 aromatic rings. The van der Waals surface area contributed by atoms with E-state index in [-0.39, 0.29) is 11.7 Å². The molecular formula is C22H23N3O4S. The zero-order valence-electron chi connectivity index (χ0n) is 17.3. The van der Waals surface area contributed by atoms with Crippen LogP contribution < -0.4 is 14.4 Å². The number of carbonyl (C=O) groups excluding carboxylic acids is 1. The molecule has 156 valence electrons. The highest BCUT2D eigenvalue weighted by atomic mass is 32.1. The minimum Gasteiger partial charge on any atom is -0.497 e. The van der Waals surface area contributed by atoms with E-state index in [2.05, 4.69) is 4.98 Å². The molecule has 7 nitrogen and oxygen atoms in total. The Balaban J connectivity index is 1.74. The number of rotatable bonds is 7. The van der Waals surface area contributed by atoms with Crippen molar-refractivity contribution in [1.29, 1.82) is 0 Å². The molecule has 0 aliphatic carbocycles. The summed E-state index contributed by atoms with van der Waals surface area (Å²) in [5, 5.41) is 1.44. The molecule has 0 aliphatic heterocycles. The van der Waals surface area contributed by atoms with Crippen LogP contribution in [0.1, 0.15) is 10.6 Å². The summed E-state index contributed by atoms with van der Waals surface area (Å²) < 4.78 is 17.5.